The fraction of sp³-hybridized carbons (Fsp3) is 0.238. The third-order valence-corrected chi connectivity index (χ3v) is 4.16. The van der Waals surface area contributed by atoms with Crippen LogP contribution in [0.1, 0.15) is 28.8 Å². The minimum absolute atomic E-state index is 0.119. The van der Waals surface area contributed by atoms with Crippen molar-refractivity contribution in [1.82, 2.24) is 5.32 Å². The van der Waals surface area contributed by atoms with E-state index < -0.39 is 0 Å². The van der Waals surface area contributed by atoms with E-state index in [1.54, 1.807) is 30.3 Å². The summed E-state index contributed by atoms with van der Waals surface area (Å²) < 4.78 is 5.49. The quantitative estimate of drug-likeness (QED) is 0.786. The van der Waals surface area contributed by atoms with Crippen LogP contribution in [0.3, 0.4) is 0 Å². The molecule has 2 amide bonds. The van der Waals surface area contributed by atoms with Crippen LogP contribution in [0.2, 0.25) is 0 Å². The fourth-order valence-corrected chi connectivity index (χ4v) is 2.74. The Kier molecular flexibility index (Phi) is 6.17. The Morgan fingerprint density at radius 3 is 2.54 bits per heavy atom. The topological polar surface area (TPSA) is 67.4 Å². The molecule has 0 aliphatic carbocycles. The second-order valence-electron chi connectivity index (χ2n) is 6.16. The second-order valence-corrected chi connectivity index (χ2v) is 6.16. The summed E-state index contributed by atoms with van der Waals surface area (Å²) in [4.78, 5) is 24.1. The number of amides is 2. The van der Waals surface area contributed by atoms with E-state index in [4.69, 9.17) is 4.74 Å². The summed E-state index contributed by atoms with van der Waals surface area (Å²) in [6.07, 6.45) is 5.39. The van der Waals surface area contributed by atoms with Crippen LogP contribution < -0.4 is 10.6 Å². The molecule has 3 rings (SSSR count). The lowest BCUT2D eigenvalue weighted by atomic mass is 10.1. The van der Waals surface area contributed by atoms with E-state index >= 15 is 0 Å². The molecule has 2 N–H and O–H groups in total. The third-order valence-electron chi connectivity index (χ3n) is 4.16. The molecule has 2 aromatic carbocycles. The molecule has 2 aromatic rings. The molecular weight excluding hydrogens is 328 g/mol. The molecule has 0 spiro atoms. The Morgan fingerprint density at radius 2 is 1.85 bits per heavy atom. The van der Waals surface area contributed by atoms with Crippen molar-refractivity contribution in [2.45, 2.75) is 18.9 Å². The van der Waals surface area contributed by atoms with E-state index in [1.165, 1.54) is 6.08 Å². The van der Waals surface area contributed by atoms with Gasteiger partial charge in [0.05, 0.1) is 6.10 Å². The number of anilines is 1. The lowest BCUT2D eigenvalue weighted by molar-refractivity contribution is -0.111. The van der Waals surface area contributed by atoms with Crippen LogP contribution in [0.5, 0.6) is 0 Å². The normalized spacial score (nSPS) is 16.5. The fourth-order valence-electron chi connectivity index (χ4n) is 2.74. The highest BCUT2D eigenvalue weighted by molar-refractivity contribution is 6.02. The molecule has 1 aliphatic heterocycles. The Balaban J connectivity index is 1.49. The summed E-state index contributed by atoms with van der Waals surface area (Å²) in [5.41, 5.74) is 2.16. The minimum Gasteiger partial charge on any atom is -0.376 e. The van der Waals surface area contributed by atoms with Gasteiger partial charge in [0.25, 0.3) is 5.91 Å². The number of carbonyl (C=O) groups excluding carboxylic acids is 2. The Hall–Kier alpha value is -2.92. The smallest absolute Gasteiger partial charge is 0.251 e. The monoisotopic (exact) mass is 350 g/mol. The largest absolute Gasteiger partial charge is 0.376 e. The highest BCUT2D eigenvalue weighted by Gasteiger charge is 2.16. The van der Waals surface area contributed by atoms with E-state index in [-0.39, 0.29) is 17.9 Å². The van der Waals surface area contributed by atoms with E-state index in [9.17, 15) is 9.59 Å². The van der Waals surface area contributed by atoms with Crippen LogP contribution in [0.15, 0.2) is 60.7 Å². The molecule has 1 saturated heterocycles. The van der Waals surface area contributed by atoms with Crippen molar-refractivity contribution < 1.29 is 14.3 Å². The molecule has 0 bridgehead atoms. The number of nitrogens with one attached hydrogen (secondary N) is 2. The zero-order chi connectivity index (χ0) is 18.2. The standard InChI is InChI=1S/C21H22N2O3/c24-20(13-8-16-5-2-1-3-6-16)23-18-11-9-17(10-12-18)21(25)22-15-19-7-4-14-26-19/h1-3,5-6,8-13,19H,4,7,14-15H2,(H,22,25)(H,23,24)/b13-8+/t19-/m1/s1. The molecule has 5 heteroatoms. The van der Waals surface area contributed by atoms with Crippen LogP contribution in [0.25, 0.3) is 6.08 Å². The molecule has 1 aliphatic rings. The zero-order valence-corrected chi connectivity index (χ0v) is 14.5. The number of ether oxygens (including phenoxy) is 1. The van der Waals surface area contributed by atoms with Gasteiger partial charge in [-0.3, -0.25) is 9.59 Å². The van der Waals surface area contributed by atoms with Gasteiger partial charge in [0.2, 0.25) is 5.91 Å². The van der Waals surface area contributed by atoms with E-state index in [0.29, 0.717) is 17.8 Å². The van der Waals surface area contributed by atoms with Gasteiger partial charge in [-0.2, -0.15) is 0 Å². The van der Waals surface area contributed by atoms with Crippen LogP contribution >= 0.6 is 0 Å². The molecule has 1 fully saturated rings. The lowest BCUT2D eigenvalue weighted by Crippen LogP contribution is -2.31. The highest BCUT2D eigenvalue weighted by atomic mass is 16.5. The van der Waals surface area contributed by atoms with Gasteiger partial charge in [0, 0.05) is 30.5 Å². The van der Waals surface area contributed by atoms with Crippen molar-refractivity contribution in [3.63, 3.8) is 0 Å². The number of carbonyl (C=O) groups is 2. The average molecular weight is 350 g/mol. The Morgan fingerprint density at radius 1 is 1.08 bits per heavy atom. The van der Waals surface area contributed by atoms with Crippen molar-refractivity contribution in [2.24, 2.45) is 0 Å². The highest BCUT2D eigenvalue weighted by Crippen LogP contribution is 2.12. The maximum absolute atomic E-state index is 12.1. The molecule has 0 saturated carbocycles. The van der Waals surface area contributed by atoms with Gasteiger partial charge >= 0.3 is 0 Å². The van der Waals surface area contributed by atoms with Crippen molar-refractivity contribution in [3.8, 4) is 0 Å². The van der Waals surface area contributed by atoms with Crippen molar-refractivity contribution in [1.29, 1.82) is 0 Å². The predicted molar refractivity (Wildman–Crippen MR) is 102 cm³/mol. The number of hydrogen-bond donors (Lipinski definition) is 2. The molecule has 0 aromatic heterocycles. The van der Waals surface area contributed by atoms with Gasteiger partial charge in [0.1, 0.15) is 0 Å². The Bertz CT molecular complexity index is 764. The summed E-state index contributed by atoms with van der Waals surface area (Å²) in [5, 5.41) is 5.65. The lowest BCUT2D eigenvalue weighted by Gasteiger charge is -2.11. The van der Waals surface area contributed by atoms with Gasteiger partial charge in [-0.25, -0.2) is 0 Å². The van der Waals surface area contributed by atoms with E-state index in [2.05, 4.69) is 10.6 Å². The van der Waals surface area contributed by atoms with E-state index in [1.807, 2.05) is 30.3 Å². The van der Waals surface area contributed by atoms with Crippen molar-refractivity contribution in [3.05, 3.63) is 71.8 Å². The van der Waals surface area contributed by atoms with Gasteiger partial charge < -0.3 is 15.4 Å². The predicted octanol–water partition coefficient (Wildman–Crippen LogP) is 3.25. The molecule has 0 radical (unpaired) electrons. The third kappa shape index (κ3) is 5.29. The molecule has 1 heterocycles. The first-order valence-electron chi connectivity index (χ1n) is 8.75. The molecule has 1 atom stereocenters. The number of hydrogen-bond acceptors (Lipinski definition) is 3. The summed E-state index contributed by atoms with van der Waals surface area (Å²) in [6.45, 7) is 1.30. The van der Waals surface area contributed by atoms with Crippen LogP contribution in [-0.2, 0) is 9.53 Å². The SMILES string of the molecule is O=C(/C=C/c1ccccc1)Nc1ccc(C(=O)NC[C@H]2CCCO2)cc1. The molecule has 26 heavy (non-hydrogen) atoms. The number of rotatable bonds is 6. The van der Waals surface area contributed by atoms with E-state index in [0.717, 1.165) is 25.0 Å². The first-order valence-corrected chi connectivity index (χ1v) is 8.75. The van der Waals surface area contributed by atoms with Gasteiger partial charge in [-0.05, 0) is 48.7 Å². The maximum atomic E-state index is 12.1. The maximum Gasteiger partial charge on any atom is 0.251 e. The van der Waals surface area contributed by atoms with Gasteiger partial charge in [-0.15, -0.1) is 0 Å². The molecule has 0 unspecified atom stereocenters. The summed E-state index contributed by atoms with van der Waals surface area (Å²) in [5.74, 6) is -0.355. The van der Waals surface area contributed by atoms with Crippen LogP contribution in [0, 0.1) is 0 Å². The van der Waals surface area contributed by atoms with Gasteiger partial charge in [0.15, 0.2) is 0 Å². The first-order chi connectivity index (χ1) is 12.7. The first kappa shape index (κ1) is 17.9. The summed E-state index contributed by atoms with van der Waals surface area (Å²) >= 11 is 0. The van der Waals surface area contributed by atoms with Crippen molar-refractivity contribution >= 4 is 23.6 Å². The van der Waals surface area contributed by atoms with Crippen LogP contribution in [-0.4, -0.2) is 31.1 Å². The Labute approximate surface area is 153 Å². The minimum atomic E-state index is -0.218. The van der Waals surface area contributed by atoms with Crippen molar-refractivity contribution in [2.75, 3.05) is 18.5 Å². The summed E-state index contributed by atoms with van der Waals surface area (Å²) in [6, 6.07) is 16.4. The zero-order valence-electron chi connectivity index (χ0n) is 14.5. The molecule has 5 nitrogen and oxygen atoms in total. The summed E-state index contributed by atoms with van der Waals surface area (Å²) in [7, 11) is 0. The van der Waals surface area contributed by atoms with Crippen LogP contribution in [0.4, 0.5) is 5.69 Å². The molecular formula is C21H22N2O3. The number of benzene rings is 2. The average Bonchev–Trinajstić information content (AvgIpc) is 3.19. The molecule has 134 valence electrons. The second kappa shape index (κ2) is 8.97. The van der Waals surface area contributed by atoms with Gasteiger partial charge in [-0.1, -0.05) is 30.3 Å².